The zero-order valence-corrected chi connectivity index (χ0v) is 20.4. The summed E-state index contributed by atoms with van der Waals surface area (Å²) in [5, 5.41) is 18.1. The summed E-state index contributed by atoms with van der Waals surface area (Å²) in [7, 11) is 0. The van der Waals surface area contributed by atoms with Crippen LogP contribution < -0.4 is 27.4 Å². The molecule has 0 bridgehead atoms. The number of nitrogens with two attached hydrogens (primary N) is 2. The highest BCUT2D eigenvalue weighted by atomic mass is 16.4. The Kier molecular flexibility index (Phi) is 10.4. The average molecular weight is 503 g/mol. The molecule has 0 radical (unpaired) electrons. The molecule has 196 valence electrons. The molecule has 1 aromatic carbocycles. The van der Waals surface area contributed by atoms with E-state index in [1.807, 2.05) is 38.1 Å². The molecular formula is C24H34N6O6. The van der Waals surface area contributed by atoms with Crippen molar-refractivity contribution in [2.24, 2.45) is 17.4 Å². The van der Waals surface area contributed by atoms with Crippen LogP contribution in [0.2, 0.25) is 0 Å². The number of primary amides is 1. The van der Waals surface area contributed by atoms with Gasteiger partial charge in [0.1, 0.15) is 18.1 Å². The van der Waals surface area contributed by atoms with E-state index in [1.54, 1.807) is 6.20 Å². The average Bonchev–Trinajstić information content (AvgIpc) is 3.22. The Morgan fingerprint density at radius 2 is 1.61 bits per heavy atom. The smallest absolute Gasteiger partial charge is 0.326 e. The van der Waals surface area contributed by atoms with E-state index in [0.717, 1.165) is 16.5 Å². The van der Waals surface area contributed by atoms with Gasteiger partial charge in [0.25, 0.3) is 0 Å². The lowest BCUT2D eigenvalue weighted by Gasteiger charge is -2.25. The molecule has 0 aliphatic heterocycles. The molecule has 1 aromatic heterocycles. The van der Waals surface area contributed by atoms with Gasteiger partial charge in [-0.05, 0) is 30.4 Å². The van der Waals surface area contributed by atoms with Crippen molar-refractivity contribution in [3.05, 3.63) is 36.0 Å². The second-order valence-electron chi connectivity index (χ2n) is 8.98. The van der Waals surface area contributed by atoms with Crippen molar-refractivity contribution in [1.29, 1.82) is 0 Å². The number of para-hydroxylation sites is 1. The number of aromatic nitrogens is 1. The summed E-state index contributed by atoms with van der Waals surface area (Å²) in [4.78, 5) is 64.0. The maximum absolute atomic E-state index is 13.1. The molecule has 2 rings (SSSR count). The number of carboxylic acids is 1. The Bertz CT molecular complexity index is 1100. The lowest BCUT2D eigenvalue weighted by atomic mass is 10.0. The van der Waals surface area contributed by atoms with E-state index >= 15 is 0 Å². The topological polar surface area (TPSA) is 209 Å². The molecule has 0 saturated heterocycles. The number of nitrogens with one attached hydrogen (secondary N) is 4. The largest absolute Gasteiger partial charge is 0.480 e. The number of H-pyrrole nitrogens is 1. The van der Waals surface area contributed by atoms with Gasteiger partial charge < -0.3 is 37.5 Å². The molecule has 1 heterocycles. The molecular weight excluding hydrogens is 468 g/mol. The summed E-state index contributed by atoms with van der Waals surface area (Å²) < 4.78 is 0. The summed E-state index contributed by atoms with van der Waals surface area (Å²) in [6, 6.07) is 3.94. The first-order valence-corrected chi connectivity index (χ1v) is 11.7. The van der Waals surface area contributed by atoms with Gasteiger partial charge in [-0.3, -0.25) is 19.2 Å². The zero-order valence-electron chi connectivity index (χ0n) is 20.4. The fourth-order valence-corrected chi connectivity index (χ4v) is 3.78. The lowest BCUT2D eigenvalue weighted by Crippen LogP contribution is -2.56. The van der Waals surface area contributed by atoms with Crippen molar-refractivity contribution in [1.82, 2.24) is 20.9 Å². The molecule has 2 aromatic rings. The monoisotopic (exact) mass is 502 g/mol. The Morgan fingerprint density at radius 3 is 2.22 bits per heavy atom. The summed E-state index contributed by atoms with van der Waals surface area (Å²) >= 11 is 0. The first kappa shape index (κ1) is 28.3. The number of fused-ring (bicyclic) bond motifs is 1. The fraction of sp³-hybridized carbons (Fsp3) is 0.458. The molecule has 0 aliphatic carbocycles. The van der Waals surface area contributed by atoms with Gasteiger partial charge in [0.2, 0.25) is 23.6 Å². The van der Waals surface area contributed by atoms with Crippen LogP contribution in [0.15, 0.2) is 30.5 Å². The van der Waals surface area contributed by atoms with Crippen LogP contribution >= 0.6 is 0 Å². The zero-order chi connectivity index (χ0) is 26.8. The number of benzene rings is 1. The van der Waals surface area contributed by atoms with Crippen LogP contribution in [0.5, 0.6) is 0 Å². The number of hydrogen-bond acceptors (Lipinski definition) is 6. The van der Waals surface area contributed by atoms with E-state index in [2.05, 4.69) is 20.9 Å². The molecule has 0 saturated carbocycles. The number of carboxylic acid groups (broad SMARTS) is 1. The van der Waals surface area contributed by atoms with E-state index in [0.29, 0.717) is 0 Å². The molecule has 3 atom stereocenters. The maximum Gasteiger partial charge on any atom is 0.326 e. The van der Waals surface area contributed by atoms with Gasteiger partial charge in [-0.25, -0.2) is 4.79 Å². The maximum atomic E-state index is 13.1. The van der Waals surface area contributed by atoms with Crippen LogP contribution in [0.25, 0.3) is 10.9 Å². The van der Waals surface area contributed by atoms with Crippen LogP contribution in [0.3, 0.4) is 0 Å². The Hall–Kier alpha value is -3.93. The van der Waals surface area contributed by atoms with Crippen LogP contribution in [0, 0.1) is 5.92 Å². The van der Waals surface area contributed by atoms with Gasteiger partial charge >= 0.3 is 5.97 Å². The van der Waals surface area contributed by atoms with Crippen LogP contribution in [0.1, 0.15) is 38.7 Å². The highest BCUT2D eigenvalue weighted by molar-refractivity contribution is 5.94. The number of aliphatic carboxylic acids is 1. The number of carbonyl (C=O) groups excluding carboxylic acids is 4. The Labute approximate surface area is 208 Å². The minimum Gasteiger partial charge on any atom is -0.480 e. The SMILES string of the molecule is CC(C)CC(NC(=O)C(CCC(N)=O)NC(=O)CN)C(=O)NC(Cc1c[nH]c2ccccc12)C(=O)O. The summed E-state index contributed by atoms with van der Waals surface area (Å²) in [6.07, 6.45) is 1.69. The summed E-state index contributed by atoms with van der Waals surface area (Å²) in [5.41, 5.74) is 12.0. The Morgan fingerprint density at radius 1 is 0.972 bits per heavy atom. The molecule has 12 nitrogen and oxygen atoms in total. The van der Waals surface area contributed by atoms with Gasteiger partial charge in [0.05, 0.1) is 6.54 Å². The van der Waals surface area contributed by atoms with Crippen molar-refractivity contribution in [3.63, 3.8) is 0 Å². The van der Waals surface area contributed by atoms with Crippen LogP contribution in [-0.4, -0.2) is 64.4 Å². The molecule has 12 heteroatoms. The minimum atomic E-state index is -1.24. The third-order valence-corrected chi connectivity index (χ3v) is 5.57. The minimum absolute atomic E-state index is 0.0272. The molecule has 0 spiro atoms. The molecule has 4 amide bonds. The summed E-state index contributed by atoms with van der Waals surface area (Å²) in [5.74, 6) is -3.91. The van der Waals surface area contributed by atoms with E-state index in [9.17, 15) is 29.1 Å². The number of aromatic amines is 1. The standard InChI is InChI=1S/C24H34N6O6/c1-13(2)9-18(29-22(33)17(7-8-20(26)31)28-21(32)11-25)23(34)30-19(24(35)36)10-14-12-27-16-6-4-3-5-15(14)16/h3-6,12-13,17-19,27H,7-11,25H2,1-2H3,(H2,26,31)(H,28,32)(H,29,33)(H,30,34)(H,35,36). The van der Waals surface area contributed by atoms with Crippen molar-refractivity contribution >= 4 is 40.5 Å². The third kappa shape index (κ3) is 8.38. The molecule has 3 unspecified atom stereocenters. The van der Waals surface area contributed by atoms with E-state index < -0.39 is 47.7 Å². The first-order valence-electron chi connectivity index (χ1n) is 11.7. The molecule has 36 heavy (non-hydrogen) atoms. The van der Waals surface area contributed by atoms with E-state index in [1.165, 1.54) is 0 Å². The number of amides is 4. The number of hydrogen-bond donors (Lipinski definition) is 7. The van der Waals surface area contributed by atoms with Crippen molar-refractivity contribution < 1.29 is 29.1 Å². The molecule has 0 aliphatic rings. The van der Waals surface area contributed by atoms with Crippen molar-refractivity contribution in [2.45, 2.75) is 57.7 Å². The van der Waals surface area contributed by atoms with Gasteiger partial charge in [-0.2, -0.15) is 0 Å². The second kappa shape index (κ2) is 13.2. The third-order valence-electron chi connectivity index (χ3n) is 5.57. The second-order valence-corrected chi connectivity index (χ2v) is 8.98. The van der Waals surface area contributed by atoms with Gasteiger partial charge in [0.15, 0.2) is 0 Å². The molecule has 9 N–H and O–H groups in total. The Balaban J connectivity index is 2.17. The fourth-order valence-electron chi connectivity index (χ4n) is 3.78. The van der Waals surface area contributed by atoms with Gasteiger partial charge in [-0.1, -0.05) is 32.0 Å². The summed E-state index contributed by atoms with van der Waals surface area (Å²) in [6.45, 7) is 3.31. The first-order chi connectivity index (χ1) is 17.0. The lowest BCUT2D eigenvalue weighted by molar-refractivity contribution is -0.142. The van der Waals surface area contributed by atoms with Crippen molar-refractivity contribution in [3.8, 4) is 0 Å². The molecule has 0 fully saturated rings. The number of rotatable bonds is 14. The van der Waals surface area contributed by atoms with Crippen LogP contribution in [0.4, 0.5) is 0 Å². The van der Waals surface area contributed by atoms with Crippen molar-refractivity contribution in [2.75, 3.05) is 6.54 Å². The highest BCUT2D eigenvalue weighted by Crippen LogP contribution is 2.19. The van der Waals surface area contributed by atoms with Crippen LogP contribution in [-0.2, 0) is 30.4 Å². The number of carbonyl (C=O) groups is 5. The predicted octanol–water partition coefficient (Wildman–Crippen LogP) is -0.480. The highest BCUT2D eigenvalue weighted by Gasteiger charge is 2.30. The van der Waals surface area contributed by atoms with Gasteiger partial charge in [0, 0.05) is 29.9 Å². The van der Waals surface area contributed by atoms with E-state index in [4.69, 9.17) is 11.5 Å². The van der Waals surface area contributed by atoms with E-state index in [-0.39, 0.29) is 38.1 Å². The normalized spacial score (nSPS) is 13.6. The quantitative estimate of drug-likeness (QED) is 0.180. The van der Waals surface area contributed by atoms with Gasteiger partial charge in [-0.15, -0.1) is 0 Å². The predicted molar refractivity (Wildman–Crippen MR) is 132 cm³/mol.